The number of aryl methyl sites for hydroxylation is 1. The quantitative estimate of drug-likeness (QED) is 0.737. The SMILES string of the molecule is CCOC(=O)c1c(C)c(=O)c(C)cn1-c1nc2ccc(OC)cc2[nH]1. The average Bonchev–Trinajstić information content (AvgIpc) is 3.02. The fourth-order valence-corrected chi connectivity index (χ4v) is 2.74. The van der Waals surface area contributed by atoms with Gasteiger partial charge in [-0.25, -0.2) is 9.78 Å². The largest absolute Gasteiger partial charge is 0.497 e. The predicted molar refractivity (Wildman–Crippen MR) is 93.7 cm³/mol. The summed E-state index contributed by atoms with van der Waals surface area (Å²) in [6, 6.07) is 5.44. The van der Waals surface area contributed by atoms with E-state index in [0.29, 0.717) is 22.8 Å². The molecule has 0 amide bonds. The van der Waals surface area contributed by atoms with Crippen LogP contribution in [0.1, 0.15) is 28.5 Å². The fourth-order valence-electron chi connectivity index (χ4n) is 2.74. The molecule has 0 saturated heterocycles. The van der Waals surface area contributed by atoms with Gasteiger partial charge in [-0.2, -0.15) is 0 Å². The summed E-state index contributed by atoms with van der Waals surface area (Å²) < 4.78 is 11.9. The summed E-state index contributed by atoms with van der Waals surface area (Å²) in [6.45, 7) is 5.26. The molecular weight excluding hydrogens is 322 g/mol. The Balaban J connectivity index is 2.25. The summed E-state index contributed by atoms with van der Waals surface area (Å²) >= 11 is 0. The Bertz CT molecular complexity index is 1020. The van der Waals surface area contributed by atoms with Gasteiger partial charge in [-0.05, 0) is 32.9 Å². The maximum absolute atomic E-state index is 12.4. The number of esters is 1. The zero-order valence-corrected chi connectivity index (χ0v) is 14.5. The number of hydrogen-bond acceptors (Lipinski definition) is 5. The van der Waals surface area contributed by atoms with Gasteiger partial charge in [0.05, 0.1) is 24.8 Å². The molecule has 7 heteroatoms. The van der Waals surface area contributed by atoms with Gasteiger partial charge in [-0.1, -0.05) is 0 Å². The first-order valence-corrected chi connectivity index (χ1v) is 7.90. The molecule has 0 bridgehead atoms. The number of carbonyl (C=O) groups excluding carboxylic acids is 1. The minimum atomic E-state index is -0.560. The Labute approximate surface area is 144 Å². The van der Waals surface area contributed by atoms with Crippen molar-refractivity contribution in [3.8, 4) is 11.7 Å². The lowest BCUT2D eigenvalue weighted by Gasteiger charge is -2.13. The monoisotopic (exact) mass is 341 g/mol. The van der Waals surface area contributed by atoms with E-state index < -0.39 is 5.97 Å². The van der Waals surface area contributed by atoms with E-state index in [0.717, 1.165) is 11.0 Å². The number of nitrogens with zero attached hydrogens (tertiary/aromatic N) is 2. The summed E-state index contributed by atoms with van der Waals surface area (Å²) in [5, 5.41) is 0. The molecule has 130 valence electrons. The molecule has 1 aromatic carbocycles. The summed E-state index contributed by atoms with van der Waals surface area (Å²) in [5.74, 6) is 0.563. The second kappa shape index (κ2) is 6.43. The Morgan fingerprint density at radius 1 is 1.32 bits per heavy atom. The van der Waals surface area contributed by atoms with Gasteiger partial charge in [0.15, 0.2) is 5.43 Å². The first-order valence-electron chi connectivity index (χ1n) is 7.90. The molecule has 0 saturated carbocycles. The predicted octanol–water partition coefficient (Wildman–Crippen LogP) is 2.52. The second-order valence-corrected chi connectivity index (χ2v) is 5.65. The highest BCUT2D eigenvalue weighted by Gasteiger charge is 2.21. The van der Waals surface area contributed by atoms with Gasteiger partial charge in [0.2, 0.25) is 5.95 Å². The van der Waals surface area contributed by atoms with E-state index in [4.69, 9.17) is 9.47 Å². The minimum Gasteiger partial charge on any atom is -0.497 e. The highest BCUT2D eigenvalue weighted by Crippen LogP contribution is 2.21. The third-order valence-corrected chi connectivity index (χ3v) is 3.99. The van der Waals surface area contributed by atoms with Crippen LogP contribution in [0.25, 0.3) is 17.0 Å². The topological polar surface area (TPSA) is 86.2 Å². The van der Waals surface area contributed by atoms with Crippen LogP contribution in [0.15, 0.2) is 29.2 Å². The molecule has 2 heterocycles. The standard InChI is InChI=1S/C18H19N3O4/c1-5-25-17(23)15-11(3)16(22)10(2)9-21(15)18-19-13-7-6-12(24-4)8-14(13)20-18/h6-9H,5H2,1-4H3,(H,19,20). The van der Waals surface area contributed by atoms with E-state index in [1.165, 1.54) is 0 Å². The molecular formula is C18H19N3O4. The first-order chi connectivity index (χ1) is 12.0. The lowest BCUT2D eigenvalue weighted by atomic mass is 10.1. The number of imidazole rings is 1. The summed E-state index contributed by atoms with van der Waals surface area (Å²) in [7, 11) is 1.59. The van der Waals surface area contributed by atoms with Gasteiger partial charge in [-0.3, -0.25) is 9.36 Å². The molecule has 0 aliphatic rings. The zero-order valence-electron chi connectivity index (χ0n) is 14.5. The van der Waals surface area contributed by atoms with Gasteiger partial charge in [0.1, 0.15) is 11.4 Å². The molecule has 0 aliphatic heterocycles. The minimum absolute atomic E-state index is 0.170. The van der Waals surface area contributed by atoms with Crippen molar-refractivity contribution in [3.63, 3.8) is 0 Å². The van der Waals surface area contributed by atoms with E-state index in [-0.39, 0.29) is 17.7 Å². The number of ether oxygens (including phenoxy) is 2. The lowest BCUT2D eigenvalue weighted by Crippen LogP contribution is -2.24. The van der Waals surface area contributed by atoms with Crippen molar-refractivity contribution in [2.75, 3.05) is 13.7 Å². The molecule has 7 nitrogen and oxygen atoms in total. The molecule has 3 aromatic rings. The normalized spacial score (nSPS) is 10.9. The highest BCUT2D eigenvalue weighted by atomic mass is 16.5. The number of rotatable bonds is 4. The molecule has 25 heavy (non-hydrogen) atoms. The summed E-state index contributed by atoms with van der Waals surface area (Å²) in [6.07, 6.45) is 1.59. The zero-order chi connectivity index (χ0) is 18.1. The van der Waals surface area contributed by atoms with E-state index in [1.807, 2.05) is 12.1 Å². The number of aromatic amines is 1. The van der Waals surface area contributed by atoms with Crippen molar-refractivity contribution >= 4 is 17.0 Å². The van der Waals surface area contributed by atoms with Crippen LogP contribution in [0, 0.1) is 13.8 Å². The Hall–Kier alpha value is -3.09. The van der Waals surface area contributed by atoms with Crippen LogP contribution in [0.5, 0.6) is 5.75 Å². The van der Waals surface area contributed by atoms with Gasteiger partial charge in [0.25, 0.3) is 0 Å². The number of benzene rings is 1. The summed E-state index contributed by atoms with van der Waals surface area (Å²) in [4.78, 5) is 32.3. The van der Waals surface area contributed by atoms with Gasteiger partial charge >= 0.3 is 5.97 Å². The maximum atomic E-state index is 12.4. The van der Waals surface area contributed by atoms with E-state index in [9.17, 15) is 9.59 Å². The number of carbonyl (C=O) groups is 1. The number of nitrogens with one attached hydrogen (secondary N) is 1. The van der Waals surface area contributed by atoms with Crippen LogP contribution in [0.2, 0.25) is 0 Å². The van der Waals surface area contributed by atoms with Crippen LogP contribution in [-0.4, -0.2) is 34.2 Å². The van der Waals surface area contributed by atoms with Crippen molar-refractivity contribution in [3.05, 3.63) is 51.4 Å². The molecule has 0 aliphatic carbocycles. The molecule has 0 radical (unpaired) electrons. The summed E-state index contributed by atoms with van der Waals surface area (Å²) in [5.41, 5.74) is 2.32. The number of H-pyrrole nitrogens is 1. The maximum Gasteiger partial charge on any atom is 0.355 e. The van der Waals surface area contributed by atoms with Crippen molar-refractivity contribution in [2.45, 2.75) is 20.8 Å². The number of aromatic nitrogens is 3. The first kappa shape index (κ1) is 16.8. The van der Waals surface area contributed by atoms with E-state index in [2.05, 4.69) is 9.97 Å². The molecule has 2 aromatic heterocycles. The van der Waals surface area contributed by atoms with Crippen LogP contribution >= 0.6 is 0 Å². The van der Waals surface area contributed by atoms with Crippen LogP contribution in [0.4, 0.5) is 0 Å². The van der Waals surface area contributed by atoms with Crippen molar-refractivity contribution < 1.29 is 14.3 Å². The van der Waals surface area contributed by atoms with Gasteiger partial charge in [0, 0.05) is 23.4 Å². The fraction of sp³-hybridized carbons (Fsp3) is 0.278. The molecule has 3 rings (SSSR count). The Morgan fingerprint density at radius 3 is 2.76 bits per heavy atom. The van der Waals surface area contributed by atoms with Gasteiger partial charge < -0.3 is 14.5 Å². The number of methoxy groups -OCH3 is 1. The average molecular weight is 341 g/mol. The molecule has 0 unspecified atom stereocenters. The van der Waals surface area contributed by atoms with Crippen molar-refractivity contribution in [1.29, 1.82) is 0 Å². The van der Waals surface area contributed by atoms with Crippen molar-refractivity contribution in [2.24, 2.45) is 0 Å². The Kier molecular flexibility index (Phi) is 4.31. The number of pyridine rings is 1. The van der Waals surface area contributed by atoms with Crippen LogP contribution in [0.3, 0.4) is 0 Å². The molecule has 0 spiro atoms. The lowest BCUT2D eigenvalue weighted by molar-refractivity contribution is 0.0514. The van der Waals surface area contributed by atoms with Gasteiger partial charge in [-0.15, -0.1) is 0 Å². The molecule has 0 atom stereocenters. The van der Waals surface area contributed by atoms with Crippen LogP contribution < -0.4 is 10.2 Å². The van der Waals surface area contributed by atoms with Crippen molar-refractivity contribution in [1.82, 2.24) is 14.5 Å². The third-order valence-electron chi connectivity index (χ3n) is 3.99. The van der Waals surface area contributed by atoms with Crippen LogP contribution in [-0.2, 0) is 4.74 Å². The Morgan fingerprint density at radius 2 is 2.08 bits per heavy atom. The number of fused-ring (bicyclic) bond motifs is 1. The van der Waals surface area contributed by atoms with E-state index in [1.54, 1.807) is 44.7 Å². The number of hydrogen-bond donors (Lipinski definition) is 1. The van der Waals surface area contributed by atoms with E-state index >= 15 is 0 Å². The molecule has 1 N–H and O–H groups in total. The highest BCUT2D eigenvalue weighted by molar-refractivity contribution is 5.90. The second-order valence-electron chi connectivity index (χ2n) is 5.65. The molecule has 0 fully saturated rings. The third kappa shape index (κ3) is 2.88. The smallest absolute Gasteiger partial charge is 0.355 e.